The molecule has 30 heavy (non-hydrogen) atoms. The van der Waals surface area contributed by atoms with Gasteiger partial charge < -0.3 is 9.45 Å². The fourth-order valence-electron chi connectivity index (χ4n) is 4.22. The van der Waals surface area contributed by atoms with Crippen molar-refractivity contribution in [2.75, 3.05) is 24.9 Å². The normalized spacial score (nSPS) is 16.9. The first-order valence-corrected chi connectivity index (χ1v) is 12.5. The van der Waals surface area contributed by atoms with E-state index in [0.717, 1.165) is 40.7 Å². The van der Waals surface area contributed by atoms with Gasteiger partial charge in [0.15, 0.2) is 4.90 Å². The first kappa shape index (κ1) is 23.2. The molecule has 0 spiro atoms. The molecule has 6 heteroatoms. The molecule has 5 nitrogen and oxygen atoms in total. The summed E-state index contributed by atoms with van der Waals surface area (Å²) in [7, 11) is 4.16. The van der Waals surface area contributed by atoms with Crippen LogP contribution in [0, 0.1) is 18.8 Å². The average Bonchev–Trinajstić information content (AvgIpc) is 2.97. The van der Waals surface area contributed by atoms with E-state index in [1.54, 1.807) is 0 Å². The second-order valence-electron chi connectivity index (χ2n) is 9.28. The van der Waals surface area contributed by atoms with Gasteiger partial charge >= 0.3 is 0 Å². The molecule has 1 atom stereocenters. The summed E-state index contributed by atoms with van der Waals surface area (Å²) >= 11 is -1.29. The minimum absolute atomic E-state index is 0.502. The third-order valence-electron chi connectivity index (χ3n) is 6.26. The summed E-state index contributed by atoms with van der Waals surface area (Å²) in [5.41, 5.74) is 4.25. The highest BCUT2D eigenvalue weighted by Crippen LogP contribution is 2.26. The van der Waals surface area contributed by atoms with Gasteiger partial charge in [-0.15, -0.1) is 0 Å². The maximum absolute atomic E-state index is 12.9. The van der Waals surface area contributed by atoms with Crippen LogP contribution in [0.25, 0.3) is 0 Å². The SMILES string of the molecule is Cc1c(N[S+]([O-])c2ccc(CCCC3CCN(C)CC3)cc2)c(CC(C)C)nn1C. The van der Waals surface area contributed by atoms with E-state index >= 15 is 0 Å². The molecule has 3 rings (SSSR count). The maximum Gasteiger partial charge on any atom is 0.179 e. The lowest BCUT2D eigenvalue weighted by Crippen LogP contribution is -2.30. The van der Waals surface area contributed by atoms with E-state index in [1.807, 2.05) is 30.8 Å². The third-order valence-corrected chi connectivity index (χ3v) is 7.35. The van der Waals surface area contributed by atoms with Crippen LogP contribution in [0.4, 0.5) is 5.69 Å². The van der Waals surface area contributed by atoms with Crippen molar-refractivity contribution in [3.05, 3.63) is 41.2 Å². The summed E-state index contributed by atoms with van der Waals surface area (Å²) in [5, 5.41) is 4.60. The smallest absolute Gasteiger partial charge is 0.179 e. The predicted octanol–water partition coefficient (Wildman–Crippen LogP) is 4.73. The first-order valence-electron chi connectivity index (χ1n) is 11.3. The van der Waals surface area contributed by atoms with E-state index in [-0.39, 0.29) is 0 Å². The second-order valence-corrected chi connectivity index (χ2v) is 10.5. The third kappa shape index (κ3) is 6.25. The van der Waals surface area contributed by atoms with Gasteiger partial charge in [0.25, 0.3) is 0 Å². The minimum Gasteiger partial charge on any atom is -0.588 e. The Morgan fingerprint density at radius 1 is 1.17 bits per heavy atom. The average molecular weight is 431 g/mol. The van der Waals surface area contributed by atoms with Crippen LogP contribution in [0.1, 0.15) is 56.5 Å². The molecule has 1 fully saturated rings. The molecule has 0 amide bonds. The van der Waals surface area contributed by atoms with E-state index in [9.17, 15) is 4.55 Å². The molecule has 2 aromatic rings. The van der Waals surface area contributed by atoms with E-state index < -0.39 is 11.4 Å². The summed E-state index contributed by atoms with van der Waals surface area (Å²) in [6.07, 6.45) is 7.22. The molecule has 1 aromatic heterocycles. The molecule has 2 heterocycles. The van der Waals surface area contributed by atoms with Gasteiger partial charge in [-0.1, -0.05) is 32.4 Å². The molecule has 0 bridgehead atoms. The van der Waals surface area contributed by atoms with E-state index in [4.69, 9.17) is 0 Å². The van der Waals surface area contributed by atoms with Crippen molar-refractivity contribution in [3.8, 4) is 0 Å². The number of hydrogen-bond donors (Lipinski definition) is 1. The van der Waals surface area contributed by atoms with Crippen molar-refractivity contribution < 1.29 is 4.55 Å². The van der Waals surface area contributed by atoms with E-state index in [2.05, 4.69) is 47.7 Å². The number of anilines is 1. The van der Waals surface area contributed by atoms with E-state index in [0.29, 0.717) is 5.92 Å². The van der Waals surface area contributed by atoms with Crippen molar-refractivity contribution in [1.82, 2.24) is 14.7 Å². The fraction of sp³-hybridized carbons (Fsp3) is 0.625. The molecule has 0 aliphatic carbocycles. The highest BCUT2D eigenvalue weighted by atomic mass is 32.2. The first-order chi connectivity index (χ1) is 14.3. The van der Waals surface area contributed by atoms with Crippen LogP contribution in [0.15, 0.2) is 29.2 Å². The van der Waals surface area contributed by atoms with Crippen LogP contribution in [-0.4, -0.2) is 39.4 Å². The van der Waals surface area contributed by atoms with Crippen molar-refractivity contribution in [2.45, 2.75) is 64.2 Å². The lowest BCUT2D eigenvalue weighted by molar-refractivity contribution is 0.210. The number of aromatic nitrogens is 2. The molecule has 1 aliphatic rings. The number of benzene rings is 1. The molecule has 166 valence electrons. The number of likely N-dealkylation sites (tertiary alicyclic amines) is 1. The van der Waals surface area contributed by atoms with Gasteiger partial charge in [0.1, 0.15) is 17.0 Å². The quantitative estimate of drug-likeness (QED) is 0.585. The number of rotatable bonds is 9. The lowest BCUT2D eigenvalue weighted by atomic mass is 9.91. The Morgan fingerprint density at radius 2 is 1.83 bits per heavy atom. The standard InChI is InChI=1S/C24H38N4OS/c1-18(2)17-23-24(19(3)28(5)25-23)26-30(29)22-11-9-20(10-12-22)7-6-8-21-13-15-27(4)16-14-21/h9-12,18,21,26H,6-8,13-17H2,1-5H3. The van der Waals surface area contributed by atoms with Crippen molar-refractivity contribution in [2.24, 2.45) is 18.9 Å². The Balaban J connectivity index is 1.53. The molecule has 1 N–H and O–H groups in total. The number of hydrogen-bond acceptors (Lipinski definition) is 4. The zero-order valence-corrected chi connectivity index (χ0v) is 20.1. The summed E-state index contributed by atoms with van der Waals surface area (Å²) in [5.74, 6) is 1.39. The maximum atomic E-state index is 12.9. The van der Waals surface area contributed by atoms with Gasteiger partial charge in [-0.2, -0.15) is 9.82 Å². The van der Waals surface area contributed by atoms with Gasteiger partial charge in [0, 0.05) is 7.05 Å². The molecule has 1 saturated heterocycles. The zero-order valence-electron chi connectivity index (χ0n) is 19.3. The number of aryl methyl sites for hydroxylation is 2. The Kier molecular flexibility index (Phi) is 8.26. The van der Waals surface area contributed by atoms with Gasteiger partial charge in [0.2, 0.25) is 0 Å². The van der Waals surface area contributed by atoms with Gasteiger partial charge in [-0.3, -0.25) is 4.68 Å². The van der Waals surface area contributed by atoms with Gasteiger partial charge in [0.05, 0.1) is 11.4 Å². The summed E-state index contributed by atoms with van der Waals surface area (Å²) in [6, 6.07) is 8.27. The molecular weight excluding hydrogens is 392 g/mol. The topological polar surface area (TPSA) is 56.1 Å². The summed E-state index contributed by atoms with van der Waals surface area (Å²) in [6.45, 7) is 8.86. The van der Waals surface area contributed by atoms with Crippen molar-refractivity contribution in [3.63, 3.8) is 0 Å². The van der Waals surface area contributed by atoms with Gasteiger partial charge in [-0.05, 0) is 88.7 Å². The van der Waals surface area contributed by atoms with Gasteiger partial charge in [-0.25, -0.2) is 0 Å². The summed E-state index contributed by atoms with van der Waals surface area (Å²) < 4.78 is 18.0. The van der Waals surface area contributed by atoms with Crippen LogP contribution in [0.5, 0.6) is 0 Å². The lowest BCUT2D eigenvalue weighted by Gasteiger charge is -2.28. The Morgan fingerprint density at radius 3 is 2.47 bits per heavy atom. The second kappa shape index (κ2) is 10.7. The van der Waals surface area contributed by atoms with Crippen molar-refractivity contribution >= 4 is 17.0 Å². The summed E-state index contributed by atoms with van der Waals surface area (Å²) in [4.78, 5) is 3.25. The number of nitrogens with zero attached hydrogens (tertiary/aromatic N) is 3. The van der Waals surface area contributed by atoms with Crippen LogP contribution in [0.3, 0.4) is 0 Å². The Bertz CT molecular complexity index is 794. The largest absolute Gasteiger partial charge is 0.588 e. The molecule has 0 saturated carbocycles. The fourth-order valence-corrected chi connectivity index (χ4v) is 5.17. The molecular formula is C24H38N4OS. The van der Waals surface area contributed by atoms with Crippen LogP contribution in [0.2, 0.25) is 0 Å². The van der Waals surface area contributed by atoms with Crippen LogP contribution < -0.4 is 4.72 Å². The number of piperidine rings is 1. The minimum atomic E-state index is -1.29. The Hall–Kier alpha value is -1.50. The highest BCUT2D eigenvalue weighted by Gasteiger charge is 2.21. The Labute approximate surface area is 185 Å². The molecule has 1 unspecified atom stereocenters. The molecule has 1 aliphatic heterocycles. The number of nitrogens with one attached hydrogen (secondary N) is 1. The molecule has 0 radical (unpaired) electrons. The highest BCUT2D eigenvalue weighted by molar-refractivity contribution is 7.92. The zero-order chi connectivity index (χ0) is 21.7. The van der Waals surface area contributed by atoms with Crippen LogP contribution >= 0.6 is 0 Å². The van der Waals surface area contributed by atoms with Crippen molar-refractivity contribution in [1.29, 1.82) is 0 Å². The van der Waals surface area contributed by atoms with E-state index in [1.165, 1.54) is 44.3 Å². The van der Waals surface area contributed by atoms with Crippen LogP contribution in [-0.2, 0) is 31.3 Å². The predicted molar refractivity (Wildman–Crippen MR) is 126 cm³/mol. The monoisotopic (exact) mass is 430 g/mol. The molecule has 1 aromatic carbocycles.